The first-order chi connectivity index (χ1) is 14.1. The van der Waals surface area contributed by atoms with E-state index in [4.69, 9.17) is 4.52 Å². The van der Waals surface area contributed by atoms with E-state index in [9.17, 15) is 0 Å². The number of hydrogen-bond donors (Lipinski definition) is 0. The van der Waals surface area contributed by atoms with Crippen LogP contribution in [0.2, 0.25) is 0 Å². The van der Waals surface area contributed by atoms with Gasteiger partial charge >= 0.3 is 0 Å². The molecular formula is C22H20N4OS2. The average molecular weight is 421 g/mol. The highest BCUT2D eigenvalue weighted by molar-refractivity contribution is 7.98. The van der Waals surface area contributed by atoms with Gasteiger partial charge in [-0.25, -0.2) is 0 Å². The highest BCUT2D eigenvalue weighted by atomic mass is 32.2. The molecule has 4 aromatic rings. The highest BCUT2D eigenvalue weighted by Crippen LogP contribution is 2.25. The molecule has 4 rings (SSSR count). The zero-order chi connectivity index (χ0) is 20.2. The third kappa shape index (κ3) is 4.68. The Bertz CT molecular complexity index is 1110. The Balaban J connectivity index is 1.40. The third-order valence-electron chi connectivity index (χ3n) is 4.60. The Labute approximate surface area is 178 Å². The summed E-state index contributed by atoms with van der Waals surface area (Å²) in [5.74, 6) is 1.72. The predicted molar refractivity (Wildman–Crippen MR) is 118 cm³/mol. The fourth-order valence-corrected chi connectivity index (χ4v) is 3.82. The van der Waals surface area contributed by atoms with Gasteiger partial charge in [0, 0.05) is 16.0 Å². The Morgan fingerprint density at radius 1 is 0.862 bits per heavy atom. The second kappa shape index (κ2) is 8.80. The summed E-state index contributed by atoms with van der Waals surface area (Å²) in [6.45, 7) is 4.21. The maximum atomic E-state index is 5.38. The quantitative estimate of drug-likeness (QED) is 0.364. The molecular weight excluding hydrogens is 400 g/mol. The predicted octanol–water partition coefficient (Wildman–Crippen LogP) is 5.82. The van der Waals surface area contributed by atoms with Crippen molar-refractivity contribution in [3.8, 4) is 22.6 Å². The minimum absolute atomic E-state index is 0.549. The van der Waals surface area contributed by atoms with Crippen LogP contribution < -0.4 is 0 Å². The summed E-state index contributed by atoms with van der Waals surface area (Å²) in [5.41, 5.74) is 5.41. The summed E-state index contributed by atoms with van der Waals surface area (Å²) < 4.78 is 5.38. The Kier molecular flexibility index (Phi) is 5.97. The largest absolute Gasteiger partial charge is 0.338 e. The number of nitrogens with zero attached hydrogens (tertiary/aromatic N) is 4. The van der Waals surface area contributed by atoms with Crippen molar-refractivity contribution in [1.82, 2.24) is 20.3 Å². The van der Waals surface area contributed by atoms with Gasteiger partial charge in [0.1, 0.15) is 5.03 Å². The first-order valence-corrected chi connectivity index (χ1v) is 11.3. The van der Waals surface area contributed by atoms with Crippen molar-refractivity contribution in [3.63, 3.8) is 0 Å². The van der Waals surface area contributed by atoms with E-state index in [-0.39, 0.29) is 0 Å². The topological polar surface area (TPSA) is 64.7 Å². The monoisotopic (exact) mass is 420 g/mol. The molecule has 0 N–H and O–H groups in total. The molecule has 2 aromatic heterocycles. The van der Waals surface area contributed by atoms with Crippen molar-refractivity contribution in [2.75, 3.05) is 6.26 Å². The molecule has 7 heteroatoms. The number of aryl methyl sites for hydroxylation is 2. The van der Waals surface area contributed by atoms with Gasteiger partial charge in [0.2, 0.25) is 11.7 Å². The first kappa shape index (κ1) is 19.7. The normalized spacial score (nSPS) is 11.0. The lowest BCUT2D eigenvalue weighted by atomic mass is 10.0. The number of thioether (sulfide) groups is 2. The van der Waals surface area contributed by atoms with Gasteiger partial charge in [0.25, 0.3) is 0 Å². The Morgan fingerprint density at radius 2 is 1.66 bits per heavy atom. The van der Waals surface area contributed by atoms with Crippen molar-refractivity contribution in [2.45, 2.75) is 29.5 Å². The van der Waals surface area contributed by atoms with Gasteiger partial charge in [-0.2, -0.15) is 4.98 Å². The Morgan fingerprint density at radius 3 is 2.34 bits per heavy atom. The highest BCUT2D eigenvalue weighted by Gasteiger charge is 2.10. The van der Waals surface area contributed by atoms with E-state index in [0.717, 1.165) is 21.8 Å². The van der Waals surface area contributed by atoms with Crippen molar-refractivity contribution in [2.24, 2.45) is 0 Å². The standard InChI is InChI=1S/C22H20N4OS2/c1-14-4-5-17(12-15(14)2)19-10-11-21(25-24-19)29-13-20-23-22(26-27-20)16-6-8-18(28-3)9-7-16/h4-12H,13H2,1-3H3. The van der Waals surface area contributed by atoms with Crippen LogP contribution in [0, 0.1) is 13.8 Å². The van der Waals surface area contributed by atoms with E-state index >= 15 is 0 Å². The van der Waals surface area contributed by atoms with Crippen LogP contribution in [0.4, 0.5) is 0 Å². The second-order valence-electron chi connectivity index (χ2n) is 6.58. The van der Waals surface area contributed by atoms with Crippen LogP contribution >= 0.6 is 23.5 Å². The van der Waals surface area contributed by atoms with E-state index in [0.29, 0.717) is 17.5 Å². The van der Waals surface area contributed by atoms with Crippen LogP contribution in [0.25, 0.3) is 22.6 Å². The zero-order valence-corrected chi connectivity index (χ0v) is 18.0. The lowest BCUT2D eigenvalue weighted by molar-refractivity contribution is 0.391. The maximum absolute atomic E-state index is 5.38. The lowest BCUT2D eigenvalue weighted by Crippen LogP contribution is -1.91. The average Bonchev–Trinajstić information content (AvgIpc) is 3.24. The van der Waals surface area contributed by atoms with Crippen molar-refractivity contribution >= 4 is 23.5 Å². The van der Waals surface area contributed by atoms with Gasteiger partial charge in [0.15, 0.2) is 0 Å². The molecule has 0 saturated carbocycles. The lowest BCUT2D eigenvalue weighted by Gasteiger charge is -2.05. The summed E-state index contributed by atoms with van der Waals surface area (Å²) in [5, 5.41) is 13.6. The molecule has 146 valence electrons. The van der Waals surface area contributed by atoms with Gasteiger partial charge in [0.05, 0.1) is 11.4 Å². The molecule has 0 radical (unpaired) electrons. The molecule has 29 heavy (non-hydrogen) atoms. The molecule has 0 aliphatic heterocycles. The molecule has 0 aliphatic carbocycles. The minimum atomic E-state index is 0.549. The van der Waals surface area contributed by atoms with Crippen LogP contribution in [0.15, 0.2) is 69.0 Å². The molecule has 0 saturated heterocycles. The van der Waals surface area contributed by atoms with Gasteiger partial charge in [-0.05, 0) is 73.7 Å². The molecule has 0 bridgehead atoms. The van der Waals surface area contributed by atoms with Crippen LogP contribution in [-0.4, -0.2) is 26.6 Å². The Hall–Kier alpha value is -2.64. The summed E-state index contributed by atoms with van der Waals surface area (Å²) >= 11 is 3.23. The van der Waals surface area contributed by atoms with E-state index in [1.807, 2.05) is 24.3 Å². The molecule has 2 aromatic carbocycles. The smallest absolute Gasteiger partial charge is 0.237 e. The second-order valence-corrected chi connectivity index (χ2v) is 8.46. The van der Waals surface area contributed by atoms with Crippen LogP contribution in [0.3, 0.4) is 0 Å². The number of aromatic nitrogens is 4. The van der Waals surface area contributed by atoms with Crippen molar-refractivity contribution in [1.29, 1.82) is 0 Å². The molecule has 5 nitrogen and oxygen atoms in total. The van der Waals surface area contributed by atoms with Gasteiger partial charge in [-0.3, -0.25) is 0 Å². The van der Waals surface area contributed by atoms with Crippen LogP contribution in [-0.2, 0) is 5.75 Å². The molecule has 0 amide bonds. The molecule has 0 unspecified atom stereocenters. The van der Waals surface area contributed by atoms with Gasteiger partial charge < -0.3 is 4.52 Å². The fraction of sp³-hybridized carbons (Fsp3) is 0.182. The number of hydrogen-bond acceptors (Lipinski definition) is 7. The van der Waals surface area contributed by atoms with E-state index in [2.05, 4.69) is 70.8 Å². The zero-order valence-electron chi connectivity index (χ0n) is 16.4. The third-order valence-corrected chi connectivity index (χ3v) is 6.25. The maximum Gasteiger partial charge on any atom is 0.237 e. The van der Waals surface area contributed by atoms with Crippen molar-refractivity contribution in [3.05, 3.63) is 71.6 Å². The molecule has 0 atom stereocenters. The van der Waals surface area contributed by atoms with Gasteiger partial charge in [-0.1, -0.05) is 29.1 Å². The summed E-state index contributed by atoms with van der Waals surface area (Å²) in [6, 6.07) is 18.4. The van der Waals surface area contributed by atoms with Crippen molar-refractivity contribution < 1.29 is 4.52 Å². The molecule has 2 heterocycles. The van der Waals surface area contributed by atoms with Crippen LogP contribution in [0.1, 0.15) is 17.0 Å². The first-order valence-electron chi connectivity index (χ1n) is 9.13. The van der Waals surface area contributed by atoms with E-state index in [1.165, 1.54) is 27.8 Å². The minimum Gasteiger partial charge on any atom is -0.338 e. The molecule has 0 fully saturated rings. The number of benzene rings is 2. The van der Waals surface area contributed by atoms with E-state index < -0.39 is 0 Å². The summed E-state index contributed by atoms with van der Waals surface area (Å²) in [4.78, 5) is 5.69. The van der Waals surface area contributed by atoms with E-state index in [1.54, 1.807) is 11.8 Å². The summed E-state index contributed by atoms with van der Waals surface area (Å²) in [6.07, 6.45) is 2.05. The number of rotatable bonds is 6. The SMILES string of the molecule is CSc1ccc(-c2noc(CSc3ccc(-c4ccc(C)c(C)c4)nn3)n2)cc1. The van der Waals surface area contributed by atoms with Gasteiger partial charge in [-0.15, -0.1) is 22.0 Å². The van der Waals surface area contributed by atoms with Crippen LogP contribution in [0.5, 0.6) is 0 Å². The summed E-state index contributed by atoms with van der Waals surface area (Å²) in [7, 11) is 0. The molecule has 0 spiro atoms. The molecule has 0 aliphatic rings. The fourth-order valence-electron chi connectivity index (χ4n) is 2.76.